The molecule has 0 aliphatic carbocycles. The van der Waals surface area contributed by atoms with Crippen LogP contribution in [0, 0.1) is 0 Å². The van der Waals surface area contributed by atoms with Crippen molar-refractivity contribution >= 4 is 63.6 Å². The Labute approximate surface area is 267 Å². The van der Waals surface area contributed by atoms with Crippen molar-refractivity contribution in [2.75, 3.05) is 25.1 Å². The zero-order valence-electron chi connectivity index (χ0n) is 24.2. The summed E-state index contributed by atoms with van der Waals surface area (Å²) in [7, 11) is 1.27. The number of carbonyl (C=O) groups is 5. The number of alkyl halides is 3. The second-order valence-electron chi connectivity index (χ2n) is 9.47. The van der Waals surface area contributed by atoms with Crippen LogP contribution in [0.5, 0.6) is 0 Å². The van der Waals surface area contributed by atoms with E-state index in [-0.39, 0.29) is 40.4 Å². The predicted molar refractivity (Wildman–Crippen MR) is 155 cm³/mol. The molecule has 0 saturated carbocycles. The van der Waals surface area contributed by atoms with Crippen molar-refractivity contribution in [3.8, 4) is 0 Å². The molecule has 20 heteroatoms. The van der Waals surface area contributed by atoms with E-state index in [0.717, 1.165) is 29.1 Å². The van der Waals surface area contributed by atoms with Crippen molar-refractivity contribution in [3.63, 3.8) is 0 Å². The molecule has 2 aliphatic rings. The molecule has 2 aromatic heterocycles. The summed E-state index contributed by atoms with van der Waals surface area (Å²) in [6.07, 6.45) is 0.129. The van der Waals surface area contributed by atoms with E-state index in [1.807, 2.05) is 6.92 Å². The molecule has 2 aliphatic heterocycles. The van der Waals surface area contributed by atoms with E-state index in [1.54, 1.807) is 29.1 Å². The largest absolute Gasteiger partial charge is 0.543 e. The fourth-order valence-electron chi connectivity index (χ4n) is 4.11. The number of aliphatic carboxylic acids is 2. The summed E-state index contributed by atoms with van der Waals surface area (Å²) in [6, 6.07) is 2.32. The van der Waals surface area contributed by atoms with Gasteiger partial charge in [-0.15, -0.1) is 23.1 Å². The minimum Gasteiger partial charge on any atom is -0.543 e. The molecule has 15 nitrogen and oxygen atoms in total. The predicted octanol–water partition coefficient (Wildman–Crippen LogP) is -0.369. The standard InChI is InChI=1S/C24H27N7O6S2.C2HF3O2/c1-3-4-7-26-19(32)13-5-8-30(9-6-13)10-14-11-38-22-17(21(34)31(22)18(14)23(35)36)28-20(33)16(29-37-2)15-12-39-24(25)27-15;3-2(4,5)1(6)7/h5-6,8-9,12,17,22H,3-4,7,10-11H2,1-2H3,(H4-,25,26,27,28,32,33,35,36);(H,6,7)/b29-16-;/t17-,22-;/m1./s1. The molecular formula is C26H28F3N7O8S2. The van der Waals surface area contributed by atoms with Crippen molar-refractivity contribution in [1.82, 2.24) is 20.5 Å². The summed E-state index contributed by atoms with van der Waals surface area (Å²) in [5.41, 5.74) is 6.42. The van der Waals surface area contributed by atoms with Crippen molar-refractivity contribution in [2.24, 2.45) is 5.16 Å². The third-order valence-corrected chi connectivity index (χ3v) is 8.29. The fourth-order valence-corrected chi connectivity index (χ4v) is 5.99. The van der Waals surface area contributed by atoms with Crippen LogP contribution in [0.4, 0.5) is 18.3 Å². The molecule has 46 heavy (non-hydrogen) atoms. The Morgan fingerprint density at radius 3 is 2.46 bits per heavy atom. The summed E-state index contributed by atoms with van der Waals surface area (Å²) in [6.45, 7) is 2.81. The Hall–Kier alpha value is -4.72. The summed E-state index contributed by atoms with van der Waals surface area (Å²) in [5, 5.41) is 29.5. The first kappa shape index (κ1) is 35.8. The Kier molecular flexibility index (Phi) is 12.1. The number of carboxylic acids is 2. The van der Waals surface area contributed by atoms with Gasteiger partial charge in [0, 0.05) is 35.4 Å². The lowest BCUT2D eigenvalue weighted by Gasteiger charge is -2.50. The van der Waals surface area contributed by atoms with Crippen LogP contribution < -0.4 is 26.0 Å². The van der Waals surface area contributed by atoms with Crippen LogP contribution in [-0.2, 0) is 30.6 Å². The van der Waals surface area contributed by atoms with E-state index < -0.39 is 41.3 Å². The van der Waals surface area contributed by atoms with E-state index >= 15 is 0 Å². The number of fused-ring (bicyclic) bond motifs is 1. The molecule has 2 aromatic rings. The number of thioether (sulfide) groups is 1. The molecule has 0 unspecified atom stereocenters. The smallest absolute Gasteiger partial charge is 0.490 e. The van der Waals surface area contributed by atoms with Crippen LogP contribution in [0.15, 0.2) is 46.3 Å². The van der Waals surface area contributed by atoms with Gasteiger partial charge in [0.15, 0.2) is 29.8 Å². The number of nitrogens with two attached hydrogens (primary N) is 1. The first-order valence-electron chi connectivity index (χ1n) is 13.3. The average molecular weight is 688 g/mol. The lowest BCUT2D eigenvalue weighted by molar-refractivity contribution is -0.689. The van der Waals surface area contributed by atoms with Crippen molar-refractivity contribution < 1.29 is 56.8 Å². The molecule has 4 rings (SSSR count). The lowest BCUT2D eigenvalue weighted by atomic mass is 10.0. The number of amides is 3. The molecule has 1 fully saturated rings. The number of carboxylic acid groups (broad SMARTS) is 2. The number of β-lactam (4-membered cyclic amide) rings is 1. The number of carbonyl (C=O) groups excluding carboxylic acids is 4. The Bertz CT molecular complexity index is 1550. The number of hydrogen-bond acceptors (Lipinski definition) is 12. The van der Waals surface area contributed by atoms with Gasteiger partial charge in [-0.2, -0.15) is 13.2 Å². The lowest BCUT2D eigenvalue weighted by Crippen LogP contribution is -2.71. The molecule has 0 radical (unpaired) electrons. The number of pyridine rings is 1. The van der Waals surface area contributed by atoms with Crippen LogP contribution in [0.2, 0.25) is 0 Å². The van der Waals surface area contributed by atoms with Gasteiger partial charge in [0.05, 0.1) is 17.2 Å². The molecule has 248 valence electrons. The van der Waals surface area contributed by atoms with Crippen molar-refractivity contribution in [3.05, 3.63) is 52.4 Å². The molecule has 4 heterocycles. The normalized spacial score (nSPS) is 17.6. The number of thiazole rings is 1. The molecule has 5 N–H and O–H groups in total. The number of oxime groups is 1. The van der Waals surface area contributed by atoms with E-state index in [1.165, 1.54) is 24.3 Å². The minimum absolute atomic E-state index is 0.159. The van der Waals surface area contributed by atoms with E-state index in [4.69, 9.17) is 20.5 Å². The Morgan fingerprint density at radius 1 is 1.28 bits per heavy atom. The quantitative estimate of drug-likeness (QED) is 0.0785. The number of nitrogen functional groups attached to an aromatic ring is 1. The Balaban J connectivity index is 0.000000738. The number of anilines is 1. The van der Waals surface area contributed by atoms with Crippen LogP contribution in [0.25, 0.3) is 0 Å². The van der Waals surface area contributed by atoms with Gasteiger partial charge >= 0.3 is 12.1 Å². The van der Waals surface area contributed by atoms with Gasteiger partial charge in [-0.3, -0.25) is 19.3 Å². The molecular weight excluding hydrogens is 659 g/mol. The van der Waals surface area contributed by atoms with Gasteiger partial charge in [0.25, 0.3) is 17.7 Å². The van der Waals surface area contributed by atoms with Crippen LogP contribution in [0.3, 0.4) is 0 Å². The summed E-state index contributed by atoms with van der Waals surface area (Å²) >= 11 is 2.43. The number of unbranched alkanes of at least 4 members (excludes halogenated alkanes) is 1. The van der Waals surface area contributed by atoms with Gasteiger partial charge in [-0.1, -0.05) is 18.5 Å². The number of aromatic nitrogens is 2. The van der Waals surface area contributed by atoms with Gasteiger partial charge < -0.3 is 36.2 Å². The second-order valence-corrected chi connectivity index (χ2v) is 11.5. The SMILES string of the molecule is CCCCNC(=O)c1cc[n+](CC2=C(C(=O)[O-])N3C(=O)[C@@H](NC(=O)/C(=N\OC)c4csc(N)n4)[C@H]3SC2)cc1.O=C(O)C(F)(F)F. The molecule has 1 saturated heterocycles. The third kappa shape index (κ3) is 8.71. The van der Waals surface area contributed by atoms with E-state index in [2.05, 4.69) is 20.8 Å². The third-order valence-electron chi connectivity index (χ3n) is 6.27. The monoisotopic (exact) mass is 687 g/mol. The summed E-state index contributed by atoms with van der Waals surface area (Å²) in [5.74, 6) is -5.43. The van der Waals surface area contributed by atoms with Gasteiger partial charge in [-0.25, -0.2) is 14.3 Å². The molecule has 0 bridgehead atoms. The maximum Gasteiger partial charge on any atom is 0.490 e. The van der Waals surface area contributed by atoms with Crippen LogP contribution in [-0.4, -0.2) is 87.4 Å². The molecule has 2 atom stereocenters. The van der Waals surface area contributed by atoms with Gasteiger partial charge in [0.2, 0.25) is 0 Å². The highest BCUT2D eigenvalue weighted by Gasteiger charge is 2.53. The highest BCUT2D eigenvalue weighted by Crippen LogP contribution is 2.40. The van der Waals surface area contributed by atoms with Crippen molar-refractivity contribution in [2.45, 2.75) is 43.9 Å². The fraction of sp³-hybridized carbons (Fsp3) is 0.385. The number of halogens is 3. The number of rotatable bonds is 11. The number of nitrogens with one attached hydrogen (secondary N) is 2. The maximum atomic E-state index is 13.0. The van der Waals surface area contributed by atoms with Gasteiger partial charge in [0.1, 0.15) is 24.2 Å². The highest BCUT2D eigenvalue weighted by molar-refractivity contribution is 8.00. The number of hydrogen-bond donors (Lipinski definition) is 4. The first-order chi connectivity index (χ1) is 21.7. The van der Waals surface area contributed by atoms with Crippen molar-refractivity contribution in [1.29, 1.82) is 0 Å². The number of nitrogens with zero attached hydrogens (tertiary/aromatic N) is 4. The van der Waals surface area contributed by atoms with Crippen LogP contribution >= 0.6 is 23.1 Å². The van der Waals surface area contributed by atoms with Gasteiger partial charge in [-0.05, 0) is 6.42 Å². The second kappa shape index (κ2) is 15.5. The molecule has 3 amide bonds. The van der Waals surface area contributed by atoms with E-state index in [0.29, 0.717) is 17.7 Å². The first-order valence-corrected chi connectivity index (χ1v) is 15.2. The average Bonchev–Trinajstić information content (AvgIpc) is 3.43. The Morgan fingerprint density at radius 2 is 1.93 bits per heavy atom. The topological polar surface area (TPSA) is 220 Å². The van der Waals surface area contributed by atoms with Crippen LogP contribution in [0.1, 0.15) is 35.8 Å². The van der Waals surface area contributed by atoms with E-state index in [9.17, 15) is 37.5 Å². The zero-order chi connectivity index (χ0) is 34.2. The molecule has 0 spiro atoms. The highest BCUT2D eigenvalue weighted by atomic mass is 32.2. The zero-order valence-corrected chi connectivity index (χ0v) is 25.8. The minimum atomic E-state index is -5.08. The summed E-state index contributed by atoms with van der Waals surface area (Å²) in [4.78, 5) is 69.0. The summed E-state index contributed by atoms with van der Waals surface area (Å²) < 4.78 is 33.5. The molecule has 0 aromatic carbocycles. The maximum absolute atomic E-state index is 13.0.